The molecule has 0 amide bonds. The van der Waals surface area contributed by atoms with Gasteiger partial charge in [-0.15, -0.1) is 0 Å². The Hall–Kier alpha value is -2.86. The van der Waals surface area contributed by atoms with Crippen molar-refractivity contribution in [1.82, 2.24) is 14.8 Å². The van der Waals surface area contributed by atoms with Crippen LogP contribution in [0.5, 0.6) is 0 Å². The number of hydrogen-bond donors (Lipinski definition) is 2. The van der Waals surface area contributed by atoms with Crippen molar-refractivity contribution >= 4 is 33.4 Å². The number of hydrogen-bond acceptors (Lipinski definition) is 7. The monoisotopic (exact) mass is 507 g/mol. The lowest BCUT2D eigenvalue weighted by molar-refractivity contribution is 0.103. The van der Waals surface area contributed by atoms with Crippen LogP contribution in [0.25, 0.3) is 0 Å². The van der Waals surface area contributed by atoms with E-state index in [-0.39, 0.29) is 36.0 Å². The molecule has 3 atom stereocenters. The summed E-state index contributed by atoms with van der Waals surface area (Å²) in [5, 5.41) is 12.9. The molecule has 4 rings (SSSR count). The van der Waals surface area contributed by atoms with Gasteiger partial charge >= 0.3 is 10.3 Å². The van der Waals surface area contributed by atoms with Crippen molar-refractivity contribution in [2.75, 3.05) is 11.9 Å². The SMILES string of the molecule is NS(=O)(=O)OCC1CC(F)C(Nc2ccncc2C(=O)c2ccn(Cc3cccc(Cl)c3)n2)C1. The summed E-state index contributed by atoms with van der Waals surface area (Å²) in [7, 11) is -4.09. The molecule has 3 unspecified atom stereocenters. The highest BCUT2D eigenvalue weighted by Crippen LogP contribution is 2.32. The maximum Gasteiger partial charge on any atom is 0.333 e. The number of nitrogens with two attached hydrogens (primary N) is 1. The number of pyridine rings is 1. The number of nitrogens with one attached hydrogen (secondary N) is 1. The number of halogens is 2. The molecule has 180 valence electrons. The Morgan fingerprint density at radius 2 is 2.12 bits per heavy atom. The first-order chi connectivity index (χ1) is 16.2. The van der Waals surface area contributed by atoms with Gasteiger partial charge in [-0.25, -0.2) is 9.53 Å². The predicted molar refractivity (Wildman–Crippen MR) is 125 cm³/mol. The van der Waals surface area contributed by atoms with Crippen LogP contribution < -0.4 is 10.5 Å². The third-order valence-electron chi connectivity index (χ3n) is 5.56. The first-order valence-corrected chi connectivity index (χ1v) is 12.4. The second kappa shape index (κ2) is 10.2. The Labute approximate surface area is 201 Å². The largest absolute Gasteiger partial charge is 0.379 e. The zero-order valence-corrected chi connectivity index (χ0v) is 19.5. The van der Waals surface area contributed by atoms with Crippen molar-refractivity contribution in [2.24, 2.45) is 11.1 Å². The minimum absolute atomic E-state index is 0.120. The van der Waals surface area contributed by atoms with Gasteiger partial charge in [-0.1, -0.05) is 23.7 Å². The molecular weight excluding hydrogens is 485 g/mol. The van der Waals surface area contributed by atoms with Crippen molar-refractivity contribution in [2.45, 2.75) is 31.6 Å². The molecule has 1 fully saturated rings. The molecule has 12 heteroatoms. The molecule has 0 radical (unpaired) electrons. The number of alkyl halides is 1. The van der Waals surface area contributed by atoms with Gasteiger partial charge in [0.15, 0.2) is 0 Å². The summed E-state index contributed by atoms with van der Waals surface area (Å²) in [4.78, 5) is 17.2. The van der Waals surface area contributed by atoms with E-state index >= 15 is 0 Å². The van der Waals surface area contributed by atoms with Crippen LogP contribution in [0, 0.1) is 5.92 Å². The second-order valence-electron chi connectivity index (χ2n) is 8.16. The van der Waals surface area contributed by atoms with Crippen LogP contribution in [-0.2, 0) is 21.0 Å². The number of aromatic nitrogens is 3. The van der Waals surface area contributed by atoms with E-state index < -0.39 is 22.5 Å². The van der Waals surface area contributed by atoms with Crippen molar-refractivity contribution < 1.29 is 21.8 Å². The maximum atomic E-state index is 14.6. The van der Waals surface area contributed by atoms with Crippen LogP contribution in [0.15, 0.2) is 55.0 Å². The van der Waals surface area contributed by atoms with Crippen LogP contribution >= 0.6 is 11.6 Å². The average Bonchev–Trinajstić information content (AvgIpc) is 3.38. The number of rotatable bonds is 9. The van der Waals surface area contributed by atoms with Crippen molar-refractivity contribution in [3.63, 3.8) is 0 Å². The summed E-state index contributed by atoms with van der Waals surface area (Å²) in [5.41, 5.74) is 1.84. The molecule has 9 nitrogen and oxygen atoms in total. The van der Waals surface area contributed by atoms with Gasteiger partial charge in [0.25, 0.3) is 0 Å². The molecule has 2 aromatic heterocycles. The Balaban J connectivity index is 1.45. The molecule has 0 spiro atoms. The smallest absolute Gasteiger partial charge is 0.333 e. The van der Waals surface area contributed by atoms with Gasteiger partial charge in [-0.3, -0.25) is 18.6 Å². The third kappa shape index (κ3) is 6.17. The van der Waals surface area contributed by atoms with E-state index in [9.17, 15) is 17.6 Å². The molecule has 1 saturated carbocycles. The highest BCUT2D eigenvalue weighted by atomic mass is 35.5. The van der Waals surface area contributed by atoms with Gasteiger partial charge in [0.05, 0.1) is 24.8 Å². The van der Waals surface area contributed by atoms with Crippen molar-refractivity contribution in [3.05, 3.63) is 76.8 Å². The average molecular weight is 508 g/mol. The fourth-order valence-corrected chi connectivity index (χ4v) is 4.59. The fraction of sp³-hybridized carbons (Fsp3) is 0.318. The molecule has 34 heavy (non-hydrogen) atoms. The molecule has 0 bridgehead atoms. The third-order valence-corrected chi connectivity index (χ3v) is 6.26. The molecule has 0 saturated heterocycles. The van der Waals surface area contributed by atoms with Gasteiger partial charge in [-0.05, 0) is 48.6 Å². The first-order valence-electron chi connectivity index (χ1n) is 10.5. The first kappa shape index (κ1) is 24.3. The maximum absolute atomic E-state index is 14.6. The normalized spacial score (nSPS) is 20.4. The van der Waals surface area contributed by atoms with Crippen LogP contribution in [0.1, 0.15) is 34.5 Å². The number of carbonyl (C=O) groups is 1. The quantitative estimate of drug-likeness (QED) is 0.426. The highest BCUT2D eigenvalue weighted by Gasteiger charge is 2.35. The zero-order valence-electron chi connectivity index (χ0n) is 18.0. The summed E-state index contributed by atoms with van der Waals surface area (Å²) in [6.07, 6.45) is 3.80. The van der Waals surface area contributed by atoms with Gasteiger partial charge < -0.3 is 5.32 Å². The van der Waals surface area contributed by atoms with Gasteiger partial charge in [0.1, 0.15) is 11.9 Å². The van der Waals surface area contributed by atoms with E-state index in [0.717, 1.165) is 5.56 Å². The predicted octanol–water partition coefficient (Wildman–Crippen LogP) is 2.96. The number of carbonyl (C=O) groups excluding carboxylic acids is 1. The summed E-state index contributed by atoms with van der Waals surface area (Å²) < 4.78 is 42.9. The van der Waals surface area contributed by atoms with Gasteiger partial charge in [0.2, 0.25) is 5.78 Å². The molecule has 0 aliphatic heterocycles. The summed E-state index contributed by atoms with van der Waals surface area (Å²) in [5.74, 6) is -0.683. The zero-order chi connectivity index (χ0) is 24.3. The molecule has 3 N–H and O–H groups in total. The van der Waals surface area contributed by atoms with E-state index in [4.69, 9.17) is 16.7 Å². The van der Waals surface area contributed by atoms with Crippen LogP contribution in [-0.4, -0.2) is 47.8 Å². The molecular formula is C22H23ClFN5O4S. The van der Waals surface area contributed by atoms with Crippen molar-refractivity contribution in [3.8, 4) is 0 Å². The molecule has 1 aliphatic carbocycles. The number of ketones is 1. The minimum Gasteiger partial charge on any atom is -0.379 e. The Morgan fingerprint density at radius 1 is 1.29 bits per heavy atom. The standard InChI is InChI=1S/C22H23ClFN5O4S/c23-16-3-1-2-14(8-16)12-29-7-5-20(28-29)22(30)17-11-26-6-4-19(17)27-21-10-15(9-18(21)24)13-33-34(25,31)32/h1-8,11,15,18,21H,9-10,12-13H2,(H,26,27)(H2,25,31,32). The van der Waals surface area contributed by atoms with Crippen LogP contribution in [0.2, 0.25) is 5.02 Å². The topological polar surface area (TPSA) is 129 Å². The lowest BCUT2D eigenvalue weighted by Crippen LogP contribution is -2.26. The molecule has 2 heterocycles. The van der Waals surface area contributed by atoms with E-state index in [1.807, 2.05) is 18.2 Å². The molecule has 1 aliphatic rings. The van der Waals surface area contributed by atoms with E-state index in [1.165, 1.54) is 12.4 Å². The van der Waals surface area contributed by atoms with Gasteiger partial charge in [0, 0.05) is 29.3 Å². The summed E-state index contributed by atoms with van der Waals surface area (Å²) in [6.45, 7) is 0.253. The summed E-state index contributed by atoms with van der Waals surface area (Å²) >= 11 is 6.03. The Morgan fingerprint density at radius 3 is 2.88 bits per heavy atom. The van der Waals surface area contributed by atoms with Gasteiger partial charge in [-0.2, -0.15) is 13.5 Å². The van der Waals surface area contributed by atoms with Crippen LogP contribution in [0.4, 0.5) is 10.1 Å². The Bertz CT molecular complexity index is 1290. The molecule has 1 aromatic carbocycles. The fourth-order valence-electron chi connectivity index (χ4n) is 3.99. The second-order valence-corrected chi connectivity index (χ2v) is 9.82. The Kier molecular flexibility index (Phi) is 7.27. The van der Waals surface area contributed by atoms with E-state index in [2.05, 4.69) is 19.6 Å². The minimum atomic E-state index is -4.09. The molecule has 3 aromatic rings. The van der Waals surface area contributed by atoms with E-state index in [1.54, 1.807) is 29.1 Å². The van der Waals surface area contributed by atoms with Crippen molar-refractivity contribution in [1.29, 1.82) is 0 Å². The van der Waals surface area contributed by atoms with Crippen LogP contribution in [0.3, 0.4) is 0 Å². The number of nitrogens with zero attached hydrogens (tertiary/aromatic N) is 3. The van der Waals surface area contributed by atoms with E-state index in [0.29, 0.717) is 23.7 Å². The lowest BCUT2D eigenvalue weighted by Gasteiger charge is -2.18. The number of benzene rings is 1. The summed E-state index contributed by atoms with van der Waals surface area (Å²) in [6, 6.07) is 9.94. The number of anilines is 1. The lowest BCUT2D eigenvalue weighted by atomic mass is 10.1. The highest BCUT2D eigenvalue weighted by molar-refractivity contribution is 7.84.